The molecule has 5 heteroatoms. The molecule has 0 radical (unpaired) electrons. The number of methoxy groups -OCH3 is 1. The molecule has 0 aliphatic carbocycles. The van der Waals surface area contributed by atoms with Gasteiger partial charge in [0.15, 0.2) is 0 Å². The first-order valence-electron chi connectivity index (χ1n) is 9.07. The second-order valence-corrected chi connectivity index (χ2v) is 7.86. The van der Waals surface area contributed by atoms with Crippen LogP contribution in [0.3, 0.4) is 0 Å². The largest absolute Gasteiger partial charge is 0.496 e. The third-order valence-electron chi connectivity index (χ3n) is 4.34. The van der Waals surface area contributed by atoms with E-state index in [-0.39, 0.29) is 5.91 Å². The Labute approximate surface area is 164 Å². The molecule has 0 saturated carbocycles. The molecule has 0 fully saturated rings. The van der Waals surface area contributed by atoms with Crippen molar-refractivity contribution in [3.63, 3.8) is 0 Å². The lowest BCUT2D eigenvalue weighted by atomic mass is 10.2. The summed E-state index contributed by atoms with van der Waals surface area (Å²) in [5.74, 6) is 0.851. The number of carbonyl (C=O) groups excluding carboxylic acids is 1. The molecule has 1 aromatic heterocycles. The Balaban J connectivity index is 1.46. The van der Waals surface area contributed by atoms with Gasteiger partial charge in [-0.05, 0) is 24.6 Å². The van der Waals surface area contributed by atoms with Gasteiger partial charge in [-0.3, -0.25) is 4.79 Å². The average molecular weight is 381 g/mol. The van der Waals surface area contributed by atoms with Gasteiger partial charge in [0, 0.05) is 29.2 Å². The molecule has 0 aliphatic heterocycles. The molecule has 3 aromatic rings. The second-order valence-electron chi connectivity index (χ2n) is 6.40. The minimum Gasteiger partial charge on any atom is -0.496 e. The minimum absolute atomic E-state index is 0.0554. The summed E-state index contributed by atoms with van der Waals surface area (Å²) in [5, 5.41) is 5.43. The highest BCUT2D eigenvalue weighted by molar-refractivity contribution is 7.99. The number of carbonyl (C=O) groups is 1. The first-order valence-corrected chi connectivity index (χ1v) is 9.94. The number of nitrogens with zero attached hydrogens (tertiary/aromatic N) is 1. The summed E-state index contributed by atoms with van der Waals surface area (Å²) in [6, 6.07) is 20.0. The Bertz CT molecular complexity index is 913. The highest BCUT2D eigenvalue weighted by atomic mass is 32.2. The first-order chi connectivity index (χ1) is 13.2. The van der Waals surface area contributed by atoms with Crippen LogP contribution in [0.15, 0.2) is 65.7 Å². The van der Waals surface area contributed by atoms with E-state index in [4.69, 9.17) is 4.74 Å². The van der Waals surface area contributed by atoms with Gasteiger partial charge in [0.25, 0.3) is 0 Å². The van der Waals surface area contributed by atoms with E-state index < -0.39 is 0 Å². The van der Waals surface area contributed by atoms with Crippen molar-refractivity contribution in [1.29, 1.82) is 0 Å². The number of benzene rings is 2. The van der Waals surface area contributed by atoms with Crippen molar-refractivity contribution in [2.24, 2.45) is 0 Å². The second kappa shape index (κ2) is 9.42. The van der Waals surface area contributed by atoms with E-state index in [1.165, 1.54) is 0 Å². The van der Waals surface area contributed by atoms with Crippen LogP contribution in [0.1, 0.15) is 25.3 Å². The van der Waals surface area contributed by atoms with Gasteiger partial charge in [0.2, 0.25) is 5.91 Å². The van der Waals surface area contributed by atoms with E-state index in [0.717, 1.165) is 33.7 Å². The molecule has 1 N–H and O–H groups in total. The lowest BCUT2D eigenvalue weighted by Gasteiger charge is -2.12. The number of aromatic nitrogens is 1. The normalized spacial score (nSPS) is 11.9. The van der Waals surface area contributed by atoms with Crippen molar-refractivity contribution < 1.29 is 9.53 Å². The maximum Gasteiger partial charge on any atom is 0.220 e. The van der Waals surface area contributed by atoms with Crippen molar-refractivity contribution in [2.45, 2.75) is 36.6 Å². The molecule has 2 aromatic carbocycles. The summed E-state index contributed by atoms with van der Waals surface area (Å²) < 4.78 is 5.31. The molecule has 27 heavy (non-hydrogen) atoms. The van der Waals surface area contributed by atoms with Gasteiger partial charge >= 0.3 is 0 Å². The maximum atomic E-state index is 12.2. The van der Waals surface area contributed by atoms with Gasteiger partial charge < -0.3 is 10.1 Å². The van der Waals surface area contributed by atoms with Crippen LogP contribution < -0.4 is 10.1 Å². The summed E-state index contributed by atoms with van der Waals surface area (Å²) in [6.07, 6.45) is 1.30. The highest BCUT2D eigenvalue weighted by Crippen LogP contribution is 2.26. The smallest absolute Gasteiger partial charge is 0.220 e. The van der Waals surface area contributed by atoms with Crippen molar-refractivity contribution in [3.05, 3.63) is 66.2 Å². The molecule has 140 valence electrons. The zero-order valence-electron chi connectivity index (χ0n) is 15.6. The lowest BCUT2D eigenvalue weighted by Crippen LogP contribution is -2.23. The van der Waals surface area contributed by atoms with Crippen LogP contribution in [-0.2, 0) is 11.3 Å². The van der Waals surface area contributed by atoms with E-state index in [2.05, 4.69) is 29.4 Å². The monoisotopic (exact) mass is 380 g/mol. The summed E-state index contributed by atoms with van der Waals surface area (Å²) in [5.41, 5.74) is 1.99. The van der Waals surface area contributed by atoms with Gasteiger partial charge in [-0.15, -0.1) is 11.8 Å². The van der Waals surface area contributed by atoms with E-state index in [1.54, 1.807) is 18.9 Å². The fourth-order valence-electron chi connectivity index (χ4n) is 2.84. The molecule has 0 bridgehead atoms. The van der Waals surface area contributed by atoms with Gasteiger partial charge in [0.05, 0.1) is 17.7 Å². The standard InChI is InChI=1S/C22H24N2O2S/c1-16(27-22-14-12-17-7-3-5-9-19(17)24-22)11-13-21(25)23-15-18-8-4-6-10-20(18)26-2/h3-10,12,14,16H,11,13,15H2,1-2H3,(H,23,25). The molecule has 1 heterocycles. The van der Waals surface area contributed by atoms with Crippen molar-refractivity contribution in [3.8, 4) is 5.75 Å². The van der Waals surface area contributed by atoms with E-state index in [1.807, 2.05) is 48.5 Å². The van der Waals surface area contributed by atoms with Gasteiger partial charge in [-0.25, -0.2) is 4.98 Å². The molecule has 4 nitrogen and oxygen atoms in total. The number of amides is 1. The van der Waals surface area contributed by atoms with Crippen LogP contribution in [0.2, 0.25) is 0 Å². The number of nitrogens with one attached hydrogen (secondary N) is 1. The quantitative estimate of drug-likeness (QED) is 0.569. The SMILES string of the molecule is COc1ccccc1CNC(=O)CCC(C)Sc1ccc2ccccc2n1. The van der Waals surface area contributed by atoms with Gasteiger partial charge in [-0.1, -0.05) is 49.4 Å². The van der Waals surface area contributed by atoms with Crippen LogP contribution in [0, 0.1) is 0 Å². The minimum atomic E-state index is 0.0554. The molecular weight excluding hydrogens is 356 g/mol. The fraction of sp³-hybridized carbons (Fsp3) is 0.273. The summed E-state index contributed by atoms with van der Waals surface area (Å²) in [7, 11) is 1.64. The lowest BCUT2D eigenvalue weighted by molar-refractivity contribution is -0.121. The molecule has 0 aliphatic rings. The predicted molar refractivity (Wildman–Crippen MR) is 111 cm³/mol. The average Bonchev–Trinajstić information content (AvgIpc) is 2.70. The number of pyridine rings is 1. The molecular formula is C22H24N2O2S. The third-order valence-corrected chi connectivity index (χ3v) is 5.45. The molecule has 0 saturated heterocycles. The number of hydrogen-bond donors (Lipinski definition) is 1. The number of para-hydroxylation sites is 2. The van der Waals surface area contributed by atoms with Crippen LogP contribution in [0.25, 0.3) is 10.9 Å². The Kier molecular flexibility index (Phi) is 6.71. The van der Waals surface area contributed by atoms with Gasteiger partial charge in [-0.2, -0.15) is 0 Å². The zero-order chi connectivity index (χ0) is 19.1. The number of thioether (sulfide) groups is 1. The van der Waals surface area contributed by atoms with Crippen LogP contribution in [-0.4, -0.2) is 23.3 Å². The Morgan fingerprint density at radius 3 is 2.74 bits per heavy atom. The summed E-state index contributed by atoms with van der Waals surface area (Å²) in [4.78, 5) is 16.9. The molecule has 1 unspecified atom stereocenters. The van der Waals surface area contributed by atoms with E-state index >= 15 is 0 Å². The van der Waals surface area contributed by atoms with Crippen LogP contribution in [0.5, 0.6) is 5.75 Å². The zero-order valence-corrected chi connectivity index (χ0v) is 16.5. The Morgan fingerprint density at radius 2 is 1.89 bits per heavy atom. The van der Waals surface area contributed by atoms with E-state index in [9.17, 15) is 4.79 Å². The third kappa shape index (κ3) is 5.47. The summed E-state index contributed by atoms with van der Waals surface area (Å²) >= 11 is 1.71. The van der Waals surface area contributed by atoms with E-state index in [0.29, 0.717) is 18.2 Å². The number of rotatable bonds is 8. The fourth-order valence-corrected chi connectivity index (χ4v) is 3.79. The Hall–Kier alpha value is -2.53. The summed E-state index contributed by atoms with van der Waals surface area (Å²) in [6.45, 7) is 2.62. The molecule has 3 rings (SSSR count). The van der Waals surface area contributed by atoms with Crippen molar-refractivity contribution >= 4 is 28.6 Å². The number of hydrogen-bond acceptors (Lipinski definition) is 4. The Morgan fingerprint density at radius 1 is 1.11 bits per heavy atom. The van der Waals surface area contributed by atoms with Crippen LogP contribution >= 0.6 is 11.8 Å². The number of fused-ring (bicyclic) bond motifs is 1. The predicted octanol–water partition coefficient (Wildman–Crippen LogP) is 4.82. The topological polar surface area (TPSA) is 51.2 Å². The van der Waals surface area contributed by atoms with Crippen LogP contribution in [0.4, 0.5) is 0 Å². The first kappa shape index (κ1) is 19.2. The molecule has 1 atom stereocenters. The maximum absolute atomic E-state index is 12.2. The number of ether oxygens (including phenoxy) is 1. The van der Waals surface area contributed by atoms with Gasteiger partial charge in [0.1, 0.15) is 5.75 Å². The molecule has 0 spiro atoms. The van der Waals surface area contributed by atoms with Crippen molar-refractivity contribution in [2.75, 3.05) is 7.11 Å². The highest BCUT2D eigenvalue weighted by Gasteiger charge is 2.10. The molecule has 1 amide bonds. The van der Waals surface area contributed by atoms with Crippen molar-refractivity contribution in [1.82, 2.24) is 10.3 Å².